The molecule has 1 fully saturated rings. The summed E-state index contributed by atoms with van der Waals surface area (Å²) < 4.78 is 32.6. The van der Waals surface area contributed by atoms with Gasteiger partial charge in [0.15, 0.2) is 0 Å². The Morgan fingerprint density at radius 2 is 1.31 bits per heavy atom. The number of amides is 2. The van der Waals surface area contributed by atoms with Crippen LogP contribution in [-0.2, 0) is 19.6 Å². The molecule has 1 aliphatic rings. The van der Waals surface area contributed by atoms with Crippen molar-refractivity contribution in [3.63, 3.8) is 0 Å². The van der Waals surface area contributed by atoms with Gasteiger partial charge in [0.2, 0.25) is 21.8 Å². The molecule has 0 aliphatic carbocycles. The fraction of sp³-hybridized carbons (Fsp3) is 0.231. The van der Waals surface area contributed by atoms with Crippen molar-refractivity contribution in [3.05, 3.63) is 84.9 Å². The maximum Gasteiger partial charge on any atom is 0.243 e. The van der Waals surface area contributed by atoms with Crippen molar-refractivity contribution in [3.8, 4) is 11.5 Å². The predicted octanol–water partition coefficient (Wildman–Crippen LogP) is 3.73. The monoisotopic (exact) mass is 493 g/mol. The zero-order chi connectivity index (χ0) is 24.7. The zero-order valence-electron chi connectivity index (χ0n) is 19.2. The lowest BCUT2D eigenvalue weighted by atomic mass is 10.2. The van der Waals surface area contributed by atoms with Crippen molar-refractivity contribution < 1.29 is 22.7 Å². The van der Waals surface area contributed by atoms with Gasteiger partial charge in [0.05, 0.1) is 4.90 Å². The molecule has 3 aromatic rings. The molecule has 0 atom stereocenters. The maximum atomic E-state index is 12.7. The Morgan fingerprint density at radius 1 is 0.743 bits per heavy atom. The summed E-state index contributed by atoms with van der Waals surface area (Å²) in [4.78, 5) is 26.7. The third-order valence-electron chi connectivity index (χ3n) is 5.66. The number of hydrogen-bond acceptors (Lipinski definition) is 5. The first-order chi connectivity index (χ1) is 16.9. The molecule has 35 heavy (non-hydrogen) atoms. The number of carbonyl (C=O) groups excluding carboxylic acids is 2. The number of anilines is 1. The normalized spacial score (nSPS) is 14.3. The molecule has 0 spiro atoms. The Bertz CT molecular complexity index is 1240. The number of sulfonamides is 1. The minimum absolute atomic E-state index is 0.0453. The molecule has 2 amide bonds. The van der Waals surface area contributed by atoms with E-state index in [0.717, 1.165) is 5.75 Å². The van der Waals surface area contributed by atoms with Crippen molar-refractivity contribution in [2.24, 2.45) is 0 Å². The van der Waals surface area contributed by atoms with E-state index in [2.05, 4.69) is 5.32 Å². The summed E-state index contributed by atoms with van der Waals surface area (Å²) in [7, 11) is -3.57. The van der Waals surface area contributed by atoms with E-state index in [1.165, 1.54) is 4.31 Å². The molecule has 0 aromatic heterocycles. The number of rotatable bonds is 8. The number of carbonyl (C=O) groups is 2. The summed E-state index contributed by atoms with van der Waals surface area (Å²) in [6.45, 7) is 1.06. The second-order valence-electron chi connectivity index (χ2n) is 8.09. The molecule has 0 radical (unpaired) electrons. The molecule has 3 aromatic carbocycles. The predicted molar refractivity (Wildman–Crippen MR) is 133 cm³/mol. The molecular formula is C26H27N3O5S. The highest BCUT2D eigenvalue weighted by Gasteiger charge is 2.29. The van der Waals surface area contributed by atoms with Gasteiger partial charge in [0.1, 0.15) is 11.5 Å². The van der Waals surface area contributed by atoms with Gasteiger partial charge in [-0.05, 0) is 48.5 Å². The third-order valence-corrected chi connectivity index (χ3v) is 7.57. The first-order valence-corrected chi connectivity index (χ1v) is 12.8. The highest BCUT2D eigenvalue weighted by Crippen LogP contribution is 2.23. The van der Waals surface area contributed by atoms with Crippen LogP contribution in [0.25, 0.3) is 0 Å². The lowest BCUT2D eigenvalue weighted by Gasteiger charge is -2.34. The maximum absolute atomic E-state index is 12.7. The van der Waals surface area contributed by atoms with Crippen molar-refractivity contribution in [2.75, 3.05) is 31.5 Å². The van der Waals surface area contributed by atoms with Crippen molar-refractivity contribution >= 4 is 27.5 Å². The van der Waals surface area contributed by atoms with Gasteiger partial charge in [-0.25, -0.2) is 8.42 Å². The molecule has 8 nitrogen and oxygen atoms in total. The average Bonchev–Trinajstić information content (AvgIpc) is 2.89. The molecule has 4 rings (SSSR count). The lowest BCUT2D eigenvalue weighted by Crippen LogP contribution is -2.50. The molecule has 182 valence electrons. The molecule has 0 bridgehead atoms. The Kier molecular flexibility index (Phi) is 7.79. The number of piperazine rings is 1. The number of para-hydroxylation sites is 1. The minimum Gasteiger partial charge on any atom is -0.457 e. The number of ether oxygens (including phenoxy) is 1. The van der Waals surface area contributed by atoms with E-state index in [1.807, 2.05) is 30.3 Å². The Balaban J connectivity index is 1.21. The summed E-state index contributed by atoms with van der Waals surface area (Å²) in [5.74, 6) is 0.947. The Hall–Kier alpha value is -3.69. The number of nitrogens with zero attached hydrogens (tertiary/aromatic N) is 2. The molecule has 1 saturated heterocycles. The summed E-state index contributed by atoms with van der Waals surface area (Å²) in [6, 6.07) is 24.7. The fourth-order valence-corrected chi connectivity index (χ4v) is 5.20. The van der Waals surface area contributed by atoms with Crippen molar-refractivity contribution in [1.29, 1.82) is 0 Å². The van der Waals surface area contributed by atoms with Crippen LogP contribution in [0.1, 0.15) is 12.8 Å². The Morgan fingerprint density at radius 3 is 1.94 bits per heavy atom. The SMILES string of the molecule is O=C(CCC(=O)N1CCN(S(=O)(=O)c2ccccc2)CC1)Nc1ccc(Oc2ccccc2)cc1. The van der Waals surface area contributed by atoms with Gasteiger partial charge in [-0.3, -0.25) is 9.59 Å². The second-order valence-corrected chi connectivity index (χ2v) is 10.0. The first kappa shape index (κ1) is 24.4. The molecular weight excluding hydrogens is 466 g/mol. The molecule has 1 heterocycles. The zero-order valence-corrected chi connectivity index (χ0v) is 20.0. The minimum atomic E-state index is -3.57. The van der Waals surface area contributed by atoms with Gasteiger partial charge in [0.25, 0.3) is 0 Å². The van der Waals surface area contributed by atoms with E-state index in [1.54, 1.807) is 59.5 Å². The van der Waals surface area contributed by atoms with Crippen LogP contribution in [0, 0.1) is 0 Å². The van der Waals surface area contributed by atoms with E-state index in [9.17, 15) is 18.0 Å². The topological polar surface area (TPSA) is 96.0 Å². The standard InChI is InChI=1S/C26H27N3O5S/c30-25(27-21-11-13-23(14-12-21)34-22-7-3-1-4-8-22)15-16-26(31)28-17-19-29(20-18-28)35(32,33)24-9-5-2-6-10-24/h1-14H,15-20H2,(H,27,30). The fourth-order valence-electron chi connectivity index (χ4n) is 3.75. The van der Waals surface area contributed by atoms with Gasteiger partial charge in [-0.15, -0.1) is 0 Å². The summed E-state index contributed by atoms with van der Waals surface area (Å²) in [5.41, 5.74) is 0.614. The van der Waals surface area contributed by atoms with Crippen LogP contribution >= 0.6 is 0 Å². The van der Waals surface area contributed by atoms with E-state index in [0.29, 0.717) is 24.5 Å². The van der Waals surface area contributed by atoms with Crippen LogP contribution in [0.15, 0.2) is 89.8 Å². The van der Waals surface area contributed by atoms with E-state index < -0.39 is 10.0 Å². The summed E-state index contributed by atoms with van der Waals surface area (Å²) in [6.07, 6.45) is 0.107. The quantitative estimate of drug-likeness (QED) is 0.516. The van der Waals surface area contributed by atoms with E-state index >= 15 is 0 Å². The Labute approximate surface area is 205 Å². The van der Waals surface area contributed by atoms with Crippen LogP contribution in [0.5, 0.6) is 11.5 Å². The lowest BCUT2D eigenvalue weighted by molar-refractivity contribution is -0.133. The second kappa shape index (κ2) is 11.2. The summed E-state index contributed by atoms with van der Waals surface area (Å²) >= 11 is 0. The van der Waals surface area contributed by atoms with Gasteiger partial charge >= 0.3 is 0 Å². The number of nitrogens with one attached hydrogen (secondary N) is 1. The van der Waals surface area contributed by atoms with Crippen LogP contribution in [0.2, 0.25) is 0 Å². The average molecular weight is 494 g/mol. The largest absolute Gasteiger partial charge is 0.457 e. The van der Waals surface area contributed by atoms with Crippen molar-refractivity contribution in [1.82, 2.24) is 9.21 Å². The highest BCUT2D eigenvalue weighted by atomic mass is 32.2. The molecule has 1 aliphatic heterocycles. The van der Waals surface area contributed by atoms with Crippen molar-refractivity contribution in [2.45, 2.75) is 17.7 Å². The smallest absolute Gasteiger partial charge is 0.243 e. The third kappa shape index (κ3) is 6.46. The van der Waals surface area contributed by atoms with Gasteiger partial charge in [-0.1, -0.05) is 36.4 Å². The molecule has 0 unspecified atom stereocenters. The molecule has 0 saturated carbocycles. The van der Waals surface area contributed by atoms with Crippen LogP contribution in [0.4, 0.5) is 5.69 Å². The first-order valence-electron chi connectivity index (χ1n) is 11.4. The van der Waals surface area contributed by atoms with Crippen LogP contribution in [0.3, 0.4) is 0 Å². The molecule has 1 N–H and O–H groups in total. The van der Waals surface area contributed by atoms with Crippen LogP contribution in [-0.4, -0.2) is 55.6 Å². The molecule has 9 heteroatoms. The number of hydrogen-bond donors (Lipinski definition) is 1. The highest BCUT2D eigenvalue weighted by molar-refractivity contribution is 7.89. The van der Waals surface area contributed by atoms with Gasteiger partial charge < -0.3 is 15.0 Å². The number of benzene rings is 3. The van der Waals surface area contributed by atoms with Gasteiger partial charge in [-0.2, -0.15) is 4.31 Å². The summed E-state index contributed by atoms with van der Waals surface area (Å²) in [5, 5.41) is 2.78. The van der Waals surface area contributed by atoms with E-state index in [4.69, 9.17) is 4.74 Å². The van der Waals surface area contributed by atoms with Gasteiger partial charge in [0, 0.05) is 44.7 Å². The van der Waals surface area contributed by atoms with Crippen LogP contribution < -0.4 is 10.1 Å². The van der Waals surface area contributed by atoms with E-state index in [-0.39, 0.29) is 42.6 Å².